The fourth-order valence-corrected chi connectivity index (χ4v) is 2.13. The van der Waals surface area contributed by atoms with Gasteiger partial charge in [0.25, 0.3) is 5.91 Å². The third kappa shape index (κ3) is 4.05. The molecule has 2 rings (SSSR count). The number of hydrogen-bond donors (Lipinski definition) is 2. The highest BCUT2D eigenvalue weighted by atomic mass is 35.5. The first kappa shape index (κ1) is 16.0. The number of amides is 1. The van der Waals surface area contributed by atoms with Crippen LogP contribution in [0, 0.1) is 0 Å². The van der Waals surface area contributed by atoms with Crippen molar-refractivity contribution in [3.8, 4) is 5.75 Å². The van der Waals surface area contributed by atoms with Crippen LogP contribution in [0.15, 0.2) is 42.5 Å². The number of anilines is 3. The number of hydrogen-bond acceptors (Lipinski definition) is 4. The van der Waals surface area contributed by atoms with Gasteiger partial charge in [-0.05, 0) is 24.3 Å². The Morgan fingerprint density at radius 1 is 1.27 bits per heavy atom. The number of nitrogens with two attached hydrogens (primary N) is 1. The summed E-state index contributed by atoms with van der Waals surface area (Å²) in [5.74, 6) is 0.343. The van der Waals surface area contributed by atoms with Crippen LogP contribution in [-0.4, -0.2) is 26.6 Å². The van der Waals surface area contributed by atoms with Crippen molar-refractivity contribution >= 4 is 34.6 Å². The molecule has 3 N–H and O–H groups in total. The normalized spacial score (nSPS) is 10.1. The lowest BCUT2D eigenvalue weighted by molar-refractivity contribution is -0.118. The van der Waals surface area contributed by atoms with Gasteiger partial charge < -0.3 is 20.7 Å². The molecule has 0 spiro atoms. The second-order valence-corrected chi connectivity index (χ2v) is 5.34. The van der Waals surface area contributed by atoms with E-state index in [9.17, 15) is 4.79 Å². The van der Waals surface area contributed by atoms with Gasteiger partial charge in [-0.25, -0.2) is 0 Å². The molecule has 0 aliphatic rings. The summed E-state index contributed by atoms with van der Waals surface area (Å²) in [5.41, 5.74) is 7.73. The summed E-state index contributed by atoms with van der Waals surface area (Å²) in [7, 11) is 3.73. The van der Waals surface area contributed by atoms with Gasteiger partial charge in [0.15, 0.2) is 6.61 Å². The second-order valence-electron chi connectivity index (χ2n) is 4.94. The Morgan fingerprint density at radius 2 is 1.95 bits per heavy atom. The van der Waals surface area contributed by atoms with Gasteiger partial charge in [-0.2, -0.15) is 0 Å². The van der Waals surface area contributed by atoms with E-state index in [1.165, 1.54) is 0 Å². The number of nitrogens with zero attached hydrogens (tertiary/aromatic N) is 1. The third-order valence-electron chi connectivity index (χ3n) is 2.99. The largest absolute Gasteiger partial charge is 0.484 e. The van der Waals surface area contributed by atoms with Gasteiger partial charge in [-0.1, -0.05) is 29.8 Å². The summed E-state index contributed by atoms with van der Waals surface area (Å²) in [5, 5.41) is 3.11. The van der Waals surface area contributed by atoms with Gasteiger partial charge >= 0.3 is 0 Å². The number of rotatable bonds is 5. The predicted octanol–water partition coefficient (Wildman–Crippen LogP) is 3.01. The lowest BCUT2D eigenvalue weighted by Crippen LogP contribution is -2.21. The molecule has 0 aliphatic carbocycles. The summed E-state index contributed by atoms with van der Waals surface area (Å²) in [6.45, 7) is -0.0952. The maximum Gasteiger partial charge on any atom is 0.262 e. The lowest BCUT2D eigenvalue weighted by atomic mass is 10.2. The first-order chi connectivity index (χ1) is 10.5. The standard InChI is InChI=1S/C16H18ClN3O2/c1-20(2)15-9-14(12(17)8-13(15)18)19-16(21)10-22-11-6-4-3-5-7-11/h3-9H,10,18H2,1-2H3,(H,19,21). The quantitative estimate of drug-likeness (QED) is 0.831. The fourth-order valence-electron chi connectivity index (χ4n) is 1.91. The maximum absolute atomic E-state index is 12.0. The molecule has 0 aromatic heterocycles. The molecule has 1 amide bonds. The molecule has 0 saturated heterocycles. The molecule has 0 radical (unpaired) electrons. The smallest absolute Gasteiger partial charge is 0.262 e. The molecule has 116 valence electrons. The Kier molecular flexibility index (Phi) is 5.12. The number of carbonyl (C=O) groups excluding carboxylic acids is 1. The molecule has 5 nitrogen and oxygen atoms in total. The number of para-hydroxylation sites is 1. The van der Waals surface area contributed by atoms with Crippen molar-refractivity contribution in [2.45, 2.75) is 0 Å². The molecule has 0 unspecified atom stereocenters. The van der Waals surface area contributed by atoms with Crippen LogP contribution in [0.3, 0.4) is 0 Å². The van der Waals surface area contributed by atoms with Crippen LogP contribution in [0.1, 0.15) is 0 Å². The van der Waals surface area contributed by atoms with Crippen LogP contribution in [-0.2, 0) is 4.79 Å². The van der Waals surface area contributed by atoms with E-state index in [-0.39, 0.29) is 12.5 Å². The molecule has 0 atom stereocenters. The SMILES string of the molecule is CN(C)c1cc(NC(=O)COc2ccccc2)c(Cl)cc1N. The number of ether oxygens (including phenoxy) is 1. The first-order valence-corrected chi connectivity index (χ1v) is 7.09. The molecule has 6 heteroatoms. The number of halogens is 1. The van der Waals surface area contributed by atoms with E-state index in [0.29, 0.717) is 22.1 Å². The summed E-state index contributed by atoms with van der Waals surface area (Å²) in [4.78, 5) is 13.8. The van der Waals surface area contributed by atoms with Gasteiger partial charge in [0.1, 0.15) is 5.75 Å². The minimum atomic E-state index is -0.291. The zero-order chi connectivity index (χ0) is 16.1. The van der Waals surface area contributed by atoms with Gasteiger partial charge in [0.2, 0.25) is 0 Å². The van der Waals surface area contributed by atoms with Crippen LogP contribution >= 0.6 is 11.6 Å². The van der Waals surface area contributed by atoms with Crippen molar-refractivity contribution in [3.05, 3.63) is 47.5 Å². The Bertz CT molecular complexity index is 660. The topological polar surface area (TPSA) is 67.6 Å². The number of nitrogen functional groups attached to an aromatic ring is 1. The molecule has 2 aromatic carbocycles. The van der Waals surface area contributed by atoms with E-state index in [0.717, 1.165) is 5.69 Å². The van der Waals surface area contributed by atoms with E-state index in [4.69, 9.17) is 22.1 Å². The van der Waals surface area contributed by atoms with Crippen molar-refractivity contribution in [2.75, 3.05) is 36.7 Å². The molecule has 0 aliphatic heterocycles. The lowest BCUT2D eigenvalue weighted by Gasteiger charge is -2.18. The Morgan fingerprint density at radius 3 is 2.59 bits per heavy atom. The highest BCUT2D eigenvalue weighted by Crippen LogP contribution is 2.32. The Balaban J connectivity index is 2.03. The first-order valence-electron chi connectivity index (χ1n) is 6.71. The van der Waals surface area contributed by atoms with E-state index in [1.54, 1.807) is 24.3 Å². The Labute approximate surface area is 134 Å². The minimum Gasteiger partial charge on any atom is -0.484 e. The molecular formula is C16H18ClN3O2. The van der Waals surface area contributed by atoms with Gasteiger partial charge in [0, 0.05) is 14.1 Å². The average molecular weight is 320 g/mol. The summed E-state index contributed by atoms with van der Waals surface area (Å²) in [6.07, 6.45) is 0. The summed E-state index contributed by atoms with van der Waals surface area (Å²) >= 11 is 6.11. The molecule has 0 saturated carbocycles. The second kappa shape index (κ2) is 7.04. The van der Waals surface area contributed by atoms with Crippen LogP contribution in [0.25, 0.3) is 0 Å². The van der Waals surface area contributed by atoms with E-state index >= 15 is 0 Å². The highest BCUT2D eigenvalue weighted by Gasteiger charge is 2.11. The van der Waals surface area contributed by atoms with E-state index in [1.807, 2.05) is 37.2 Å². The van der Waals surface area contributed by atoms with Crippen LogP contribution in [0.5, 0.6) is 5.75 Å². The van der Waals surface area contributed by atoms with Gasteiger partial charge in [0.05, 0.1) is 22.1 Å². The van der Waals surface area contributed by atoms with Crippen LogP contribution in [0.4, 0.5) is 17.1 Å². The van der Waals surface area contributed by atoms with Crippen LogP contribution in [0.2, 0.25) is 5.02 Å². The highest BCUT2D eigenvalue weighted by molar-refractivity contribution is 6.34. The zero-order valence-electron chi connectivity index (χ0n) is 12.5. The van der Waals surface area contributed by atoms with E-state index in [2.05, 4.69) is 5.32 Å². The molecular weight excluding hydrogens is 302 g/mol. The monoisotopic (exact) mass is 319 g/mol. The third-order valence-corrected chi connectivity index (χ3v) is 3.30. The van der Waals surface area contributed by atoms with Gasteiger partial charge in [-0.3, -0.25) is 4.79 Å². The molecule has 0 heterocycles. The molecule has 22 heavy (non-hydrogen) atoms. The average Bonchev–Trinajstić information content (AvgIpc) is 2.48. The summed E-state index contributed by atoms with van der Waals surface area (Å²) in [6, 6.07) is 12.5. The number of carbonyl (C=O) groups is 1. The molecule has 0 bridgehead atoms. The molecule has 2 aromatic rings. The maximum atomic E-state index is 12.0. The summed E-state index contributed by atoms with van der Waals surface area (Å²) < 4.78 is 5.39. The van der Waals surface area contributed by atoms with Crippen molar-refractivity contribution < 1.29 is 9.53 Å². The van der Waals surface area contributed by atoms with Gasteiger partial charge in [-0.15, -0.1) is 0 Å². The fraction of sp³-hybridized carbons (Fsp3) is 0.188. The number of benzene rings is 2. The van der Waals surface area contributed by atoms with Crippen molar-refractivity contribution in [1.29, 1.82) is 0 Å². The van der Waals surface area contributed by atoms with Crippen molar-refractivity contribution in [1.82, 2.24) is 0 Å². The van der Waals surface area contributed by atoms with Crippen molar-refractivity contribution in [2.24, 2.45) is 0 Å². The number of nitrogens with one attached hydrogen (secondary N) is 1. The Hall–Kier alpha value is -2.40. The zero-order valence-corrected chi connectivity index (χ0v) is 13.2. The van der Waals surface area contributed by atoms with Crippen molar-refractivity contribution in [3.63, 3.8) is 0 Å². The predicted molar refractivity (Wildman–Crippen MR) is 90.8 cm³/mol. The molecule has 0 fully saturated rings. The minimum absolute atomic E-state index is 0.0952. The van der Waals surface area contributed by atoms with E-state index < -0.39 is 0 Å². The van der Waals surface area contributed by atoms with Crippen LogP contribution < -0.4 is 20.7 Å².